The Kier molecular flexibility index (Phi) is 7.74. The molecule has 0 saturated carbocycles. The summed E-state index contributed by atoms with van der Waals surface area (Å²) in [5.74, 6) is 0. The Hall–Kier alpha value is 0.0569. The number of piperidine rings is 1. The van der Waals surface area contributed by atoms with Crippen molar-refractivity contribution in [2.24, 2.45) is 0 Å². The molecule has 1 atom stereocenters. The Bertz CT molecular complexity index is 327. The molecule has 1 saturated heterocycles. The summed E-state index contributed by atoms with van der Waals surface area (Å²) >= 11 is 0. The molecule has 1 radical (unpaired) electrons. The number of hydrogen-bond donors (Lipinski definition) is 0. The average Bonchev–Trinajstić information content (AvgIpc) is 2.43. The van der Waals surface area contributed by atoms with E-state index in [0.29, 0.717) is 19.8 Å². The molecule has 1 aliphatic heterocycles. The smallest absolute Gasteiger partial charge is 0.373 e. The lowest BCUT2D eigenvalue weighted by molar-refractivity contribution is -0.0711. The van der Waals surface area contributed by atoms with Gasteiger partial charge in [-0.2, -0.15) is 0 Å². The Morgan fingerprint density at radius 3 is 1.61 bits per heavy atom. The van der Waals surface area contributed by atoms with Crippen LogP contribution in [0.3, 0.4) is 0 Å². The Morgan fingerprint density at radius 1 is 0.913 bits per heavy atom. The van der Waals surface area contributed by atoms with Crippen LogP contribution in [-0.4, -0.2) is 50.3 Å². The minimum Gasteiger partial charge on any atom is -0.373 e. The standard InChI is InChI=1S/C18H38NO3Si/c1-9-16(23(20-10-2,21-11-3)22-12-4)19-17(5,6)14-13-15-18(19,7)8/h16H,1,9-15H2,2-8H3. The summed E-state index contributed by atoms with van der Waals surface area (Å²) in [7, 11) is -2.83. The fourth-order valence-electron chi connectivity index (χ4n) is 4.34. The van der Waals surface area contributed by atoms with Crippen LogP contribution in [0.25, 0.3) is 0 Å². The van der Waals surface area contributed by atoms with E-state index in [-0.39, 0.29) is 16.7 Å². The van der Waals surface area contributed by atoms with Crippen molar-refractivity contribution in [3.8, 4) is 0 Å². The molecule has 1 rings (SSSR count). The first-order chi connectivity index (χ1) is 10.7. The van der Waals surface area contributed by atoms with Crippen LogP contribution >= 0.6 is 0 Å². The second-order valence-electron chi connectivity index (χ2n) is 7.56. The van der Waals surface area contributed by atoms with Crippen LogP contribution < -0.4 is 0 Å². The molecular weight excluding hydrogens is 306 g/mol. The van der Waals surface area contributed by atoms with E-state index in [1.54, 1.807) is 0 Å². The van der Waals surface area contributed by atoms with Crippen molar-refractivity contribution >= 4 is 8.80 Å². The first-order valence-corrected chi connectivity index (χ1v) is 11.0. The maximum Gasteiger partial charge on any atom is 0.519 e. The van der Waals surface area contributed by atoms with Gasteiger partial charge in [-0.15, -0.1) is 0 Å². The Morgan fingerprint density at radius 2 is 1.30 bits per heavy atom. The van der Waals surface area contributed by atoms with Crippen LogP contribution in [0.2, 0.25) is 0 Å². The highest BCUT2D eigenvalue weighted by molar-refractivity contribution is 6.62. The highest BCUT2D eigenvalue weighted by atomic mass is 28.4. The molecular formula is C18H38NO3Si. The zero-order valence-electron chi connectivity index (χ0n) is 16.4. The highest BCUT2D eigenvalue weighted by Crippen LogP contribution is 2.43. The molecule has 0 aromatic rings. The molecule has 0 aromatic heterocycles. The van der Waals surface area contributed by atoms with Crippen molar-refractivity contribution in [2.75, 3.05) is 19.8 Å². The van der Waals surface area contributed by atoms with Crippen molar-refractivity contribution in [1.29, 1.82) is 0 Å². The Balaban J connectivity index is 3.32. The van der Waals surface area contributed by atoms with Gasteiger partial charge < -0.3 is 13.3 Å². The molecule has 0 aromatic carbocycles. The molecule has 0 bridgehead atoms. The third-order valence-electron chi connectivity index (χ3n) is 4.91. The summed E-state index contributed by atoms with van der Waals surface area (Å²) in [6.07, 6.45) is 4.36. The van der Waals surface area contributed by atoms with Crippen molar-refractivity contribution in [2.45, 2.75) is 90.9 Å². The normalized spacial score (nSPS) is 23.0. The van der Waals surface area contributed by atoms with Gasteiger partial charge in [-0.1, -0.05) is 6.92 Å². The van der Waals surface area contributed by atoms with Gasteiger partial charge in [-0.3, -0.25) is 4.90 Å². The van der Waals surface area contributed by atoms with Crippen LogP contribution in [-0.2, 0) is 13.3 Å². The van der Waals surface area contributed by atoms with E-state index < -0.39 is 8.80 Å². The molecule has 1 aliphatic rings. The van der Waals surface area contributed by atoms with Gasteiger partial charge in [0.1, 0.15) is 0 Å². The summed E-state index contributed by atoms with van der Waals surface area (Å²) in [4.78, 5) is 2.60. The van der Waals surface area contributed by atoms with E-state index in [1.165, 1.54) is 19.3 Å². The van der Waals surface area contributed by atoms with Crippen LogP contribution in [0, 0.1) is 6.92 Å². The highest BCUT2D eigenvalue weighted by Gasteiger charge is 2.57. The second kappa shape index (κ2) is 8.43. The number of hydrogen-bond acceptors (Lipinski definition) is 4. The van der Waals surface area contributed by atoms with Gasteiger partial charge in [-0.25, -0.2) is 0 Å². The van der Waals surface area contributed by atoms with E-state index in [1.807, 2.05) is 20.8 Å². The molecule has 0 spiro atoms. The minimum atomic E-state index is -2.83. The van der Waals surface area contributed by atoms with Crippen molar-refractivity contribution in [3.63, 3.8) is 0 Å². The summed E-state index contributed by atoms with van der Waals surface area (Å²) in [6.45, 7) is 21.5. The molecule has 0 aliphatic carbocycles. The largest absolute Gasteiger partial charge is 0.519 e. The number of likely N-dealkylation sites (tertiary alicyclic amines) is 1. The molecule has 23 heavy (non-hydrogen) atoms. The number of rotatable bonds is 9. The fraction of sp³-hybridized carbons (Fsp3) is 0.944. The zero-order chi connectivity index (χ0) is 17.7. The first kappa shape index (κ1) is 21.1. The van der Waals surface area contributed by atoms with Crippen LogP contribution in [0.4, 0.5) is 0 Å². The lowest BCUT2D eigenvalue weighted by atomic mass is 9.79. The monoisotopic (exact) mass is 344 g/mol. The second-order valence-corrected chi connectivity index (χ2v) is 10.3. The van der Waals surface area contributed by atoms with E-state index in [2.05, 4.69) is 39.5 Å². The molecule has 1 unspecified atom stereocenters. The molecule has 4 nitrogen and oxygen atoms in total. The average molecular weight is 345 g/mol. The first-order valence-electron chi connectivity index (χ1n) is 9.21. The van der Waals surface area contributed by atoms with Crippen LogP contribution in [0.1, 0.15) is 74.1 Å². The molecule has 137 valence electrons. The van der Waals surface area contributed by atoms with E-state index in [4.69, 9.17) is 13.3 Å². The fourth-order valence-corrected chi connectivity index (χ4v) is 7.74. The topological polar surface area (TPSA) is 30.9 Å². The lowest BCUT2D eigenvalue weighted by Crippen LogP contribution is -2.72. The maximum absolute atomic E-state index is 6.22. The quantitative estimate of drug-likeness (QED) is 0.586. The van der Waals surface area contributed by atoms with Gasteiger partial charge in [0, 0.05) is 30.9 Å². The van der Waals surface area contributed by atoms with E-state index >= 15 is 0 Å². The minimum absolute atomic E-state index is 0.0904. The zero-order valence-corrected chi connectivity index (χ0v) is 17.4. The van der Waals surface area contributed by atoms with Crippen molar-refractivity contribution in [1.82, 2.24) is 4.90 Å². The SMILES string of the molecule is [CH2]CC(N1C(C)(C)CCCC1(C)C)[Si](OCC)(OCC)OCC. The molecule has 1 heterocycles. The van der Waals surface area contributed by atoms with Crippen molar-refractivity contribution in [3.05, 3.63) is 6.92 Å². The Labute approximate surface area is 145 Å². The van der Waals surface area contributed by atoms with Gasteiger partial charge in [0.2, 0.25) is 0 Å². The number of nitrogens with zero attached hydrogens (tertiary/aromatic N) is 1. The predicted octanol–water partition coefficient (Wildman–Crippen LogP) is 4.21. The summed E-state index contributed by atoms with van der Waals surface area (Å²) in [6, 6.07) is 0. The molecule has 0 N–H and O–H groups in total. The third kappa shape index (κ3) is 4.57. The molecule has 5 heteroatoms. The van der Waals surface area contributed by atoms with Crippen molar-refractivity contribution < 1.29 is 13.3 Å². The van der Waals surface area contributed by atoms with Crippen LogP contribution in [0.5, 0.6) is 0 Å². The lowest BCUT2D eigenvalue weighted by Gasteiger charge is -2.58. The van der Waals surface area contributed by atoms with Gasteiger partial charge in [0.15, 0.2) is 0 Å². The molecule has 0 amide bonds. The van der Waals surface area contributed by atoms with Gasteiger partial charge in [0.25, 0.3) is 0 Å². The predicted molar refractivity (Wildman–Crippen MR) is 98.2 cm³/mol. The molecule has 1 fully saturated rings. The third-order valence-corrected chi connectivity index (χ3v) is 8.35. The van der Waals surface area contributed by atoms with Crippen LogP contribution in [0.15, 0.2) is 0 Å². The van der Waals surface area contributed by atoms with Gasteiger partial charge in [-0.05, 0) is 74.1 Å². The van der Waals surface area contributed by atoms with E-state index in [9.17, 15) is 0 Å². The van der Waals surface area contributed by atoms with Gasteiger partial charge in [0.05, 0.1) is 5.67 Å². The summed E-state index contributed by atoms with van der Waals surface area (Å²) in [5, 5.41) is 0. The summed E-state index contributed by atoms with van der Waals surface area (Å²) < 4.78 is 18.6. The van der Waals surface area contributed by atoms with E-state index in [0.717, 1.165) is 6.42 Å². The van der Waals surface area contributed by atoms with Gasteiger partial charge >= 0.3 is 8.80 Å². The maximum atomic E-state index is 6.22. The summed E-state index contributed by atoms with van der Waals surface area (Å²) in [5.41, 5.74) is 0.272.